The molecule has 0 saturated carbocycles. The fraction of sp³-hybridized carbons (Fsp3) is 0.462. The summed E-state index contributed by atoms with van der Waals surface area (Å²) in [5, 5.41) is 0. The molecule has 0 amide bonds. The van der Waals surface area contributed by atoms with E-state index in [4.69, 9.17) is 11.6 Å². The van der Waals surface area contributed by atoms with E-state index in [0.29, 0.717) is 11.4 Å². The third kappa shape index (κ3) is 2.60. The number of hydrogen-bond acceptors (Lipinski definition) is 1. The maximum absolute atomic E-state index is 13.1. The van der Waals surface area contributed by atoms with Gasteiger partial charge in [0.15, 0.2) is 0 Å². The largest absolute Gasteiger partial charge is 0.327 e. The van der Waals surface area contributed by atoms with Crippen LogP contribution in [0.1, 0.15) is 32.0 Å². The summed E-state index contributed by atoms with van der Waals surface area (Å²) in [6.07, 6.45) is 3.46. The van der Waals surface area contributed by atoms with Crippen molar-refractivity contribution in [2.75, 3.05) is 0 Å². The molecule has 2 rings (SSSR count). The molecule has 0 saturated heterocycles. The molecule has 0 aliphatic carbocycles. The van der Waals surface area contributed by atoms with Gasteiger partial charge in [-0.25, -0.2) is 9.37 Å². The number of benzene rings is 1. The molecule has 0 radical (unpaired) electrons. The fourth-order valence-corrected chi connectivity index (χ4v) is 2.23. The molecular formula is C13H16ClFN2. The lowest BCUT2D eigenvalue weighted by Crippen LogP contribution is -2.02. The molecule has 0 aliphatic heterocycles. The smallest absolute Gasteiger partial charge is 0.125 e. The summed E-state index contributed by atoms with van der Waals surface area (Å²) < 4.78 is 15.2. The minimum Gasteiger partial charge on any atom is -0.327 e. The Hall–Kier alpha value is -1.09. The molecule has 1 aromatic heterocycles. The highest BCUT2D eigenvalue weighted by Gasteiger charge is 2.09. The van der Waals surface area contributed by atoms with Crippen LogP contribution in [0.2, 0.25) is 0 Å². The Labute approximate surface area is 105 Å². The molecule has 0 spiro atoms. The molecule has 4 heteroatoms. The van der Waals surface area contributed by atoms with Gasteiger partial charge in [-0.1, -0.05) is 19.8 Å². The average molecular weight is 255 g/mol. The molecule has 1 aromatic carbocycles. The standard InChI is InChI=1S/C13H16ClFN2/c1-2-3-4-7-17-12-6-5-10(15)8-11(12)16-13(17)9-14/h5-6,8H,2-4,7,9H2,1H3. The van der Waals surface area contributed by atoms with E-state index in [-0.39, 0.29) is 5.82 Å². The molecule has 2 nitrogen and oxygen atoms in total. The first-order chi connectivity index (χ1) is 8.26. The van der Waals surface area contributed by atoms with Gasteiger partial charge in [0, 0.05) is 12.6 Å². The highest BCUT2D eigenvalue weighted by molar-refractivity contribution is 6.16. The monoisotopic (exact) mass is 254 g/mol. The SMILES string of the molecule is CCCCCn1c(CCl)nc2cc(F)ccc21. The lowest BCUT2D eigenvalue weighted by Gasteiger charge is -2.06. The summed E-state index contributed by atoms with van der Waals surface area (Å²) >= 11 is 5.88. The molecule has 0 fully saturated rings. The van der Waals surface area contributed by atoms with Crippen molar-refractivity contribution in [3.63, 3.8) is 0 Å². The number of imidazole rings is 1. The molecule has 0 aliphatic rings. The van der Waals surface area contributed by atoms with Gasteiger partial charge in [0.05, 0.1) is 16.9 Å². The van der Waals surface area contributed by atoms with Crippen molar-refractivity contribution < 1.29 is 4.39 Å². The van der Waals surface area contributed by atoms with Crippen LogP contribution in [0.15, 0.2) is 18.2 Å². The first kappa shape index (κ1) is 12.4. The number of fused-ring (bicyclic) bond motifs is 1. The summed E-state index contributed by atoms with van der Waals surface area (Å²) in [6, 6.07) is 4.71. The Morgan fingerprint density at radius 1 is 1.35 bits per heavy atom. The lowest BCUT2D eigenvalue weighted by molar-refractivity contribution is 0.599. The van der Waals surface area contributed by atoms with Gasteiger partial charge in [-0.05, 0) is 18.6 Å². The van der Waals surface area contributed by atoms with Gasteiger partial charge in [0.1, 0.15) is 11.6 Å². The van der Waals surface area contributed by atoms with Gasteiger partial charge in [-0.3, -0.25) is 0 Å². The van der Waals surface area contributed by atoms with E-state index in [9.17, 15) is 4.39 Å². The number of hydrogen-bond donors (Lipinski definition) is 0. The average Bonchev–Trinajstić information content (AvgIpc) is 2.67. The number of halogens is 2. The van der Waals surface area contributed by atoms with E-state index in [0.717, 1.165) is 24.3 Å². The zero-order valence-electron chi connectivity index (χ0n) is 9.92. The van der Waals surface area contributed by atoms with Crippen LogP contribution in [0.3, 0.4) is 0 Å². The third-order valence-corrected chi connectivity index (χ3v) is 3.13. The van der Waals surface area contributed by atoms with Crippen molar-refractivity contribution in [2.45, 2.75) is 38.6 Å². The zero-order valence-corrected chi connectivity index (χ0v) is 10.7. The minimum absolute atomic E-state index is 0.253. The van der Waals surface area contributed by atoms with Crippen LogP contribution in [0.25, 0.3) is 11.0 Å². The van der Waals surface area contributed by atoms with Gasteiger partial charge in [0.25, 0.3) is 0 Å². The molecule has 17 heavy (non-hydrogen) atoms. The van der Waals surface area contributed by atoms with Gasteiger partial charge in [-0.2, -0.15) is 0 Å². The van der Waals surface area contributed by atoms with E-state index in [1.165, 1.54) is 25.0 Å². The Morgan fingerprint density at radius 3 is 2.88 bits per heavy atom. The van der Waals surface area contributed by atoms with Crippen molar-refractivity contribution in [1.29, 1.82) is 0 Å². The number of rotatable bonds is 5. The van der Waals surface area contributed by atoms with Crippen LogP contribution >= 0.6 is 11.6 Å². The van der Waals surface area contributed by atoms with E-state index >= 15 is 0 Å². The van der Waals surface area contributed by atoms with Crippen molar-refractivity contribution in [3.8, 4) is 0 Å². The van der Waals surface area contributed by atoms with E-state index in [1.54, 1.807) is 6.07 Å². The van der Waals surface area contributed by atoms with Crippen molar-refractivity contribution >= 4 is 22.6 Å². The Kier molecular flexibility index (Phi) is 4.00. The Morgan fingerprint density at radius 2 is 2.18 bits per heavy atom. The Balaban J connectivity index is 2.36. The van der Waals surface area contributed by atoms with Crippen LogP contribution in [-0.2, 0) is 12.4 Å². The fourth-order valence-electron chi connectivity index (χ4n) is 2.02. The first-order valence-corrected chi connectivity index (χ1v) is 6.50. The van der Waals surface area contributed by atoms with E-state index in [2.05, 4.69) is 16.5 Å². The summed E-state index contributed by atoms with van der Waals surface area (Å²) in [5.74, 6) is 0.933. The van der Waals surface area contributed by atoms with Crippen LogP contribution < -0.4 is 0 Å². The molecule has 0 bridgehead atoms. The van der Waals surface area contributed by atoms with Gasteiger partial charge in [-0.15, -0.1) is 11.6 Å². The molecule has 0 unspecified atom stereocenters. The normalized spacial score (nSPS) is 11.2. The summed E-state index contributed by atoms with van der Waals surface area (Å²) in [4.78, 5) is 4.36. The second-order valence-electron chi connectivity index (χ2n) is 4.15. The van der Waals surface area contributed by atoms with Gasteiger partial charge >= 0.3 is 0 Å². The van der Waals surface area contributed by atoms with Crippen molar-refractivity contribution in [3.05, 3.63) is 29.8 Å². The van der Waals surface area contributed by atoms with E-state index < -0.39 is 0 Å². The topological polar surface area (TPSA) is 17.8 Å². The summed E-state index contributed by atoms with van der Waals surface area (Å²) in [6.45, 7) is 3.07. The third-order valence-electron chi connectivity index (χ3n) is 2.89. The van der Waals surface area contributed by atoms with Gasteiger partial charge in [0.2, 0.25) is 0 Å². The van der Waals surface area contributed by atoms with Crippen molar-refractivity contribution in [1.82, 2.24) is 9.55 Å². The van der Waals surface area contributed by atoms with Crippen molar-refractivity contribution in [2.24, 2.45) is 0 Å². The van der Waals surface area contributed by atoms with Gasteiger partial charge < -0.3 is 4.57 Å². The summed E-state index contributed by atoms with van der Waals surface area (Å²) in [5.41, 5.74) is 1.66. The number of aryl methyl sites for hydroxylation is 1. The van der Waals surface area contributed by atoms with Crippen LogP contribution in [-0.4, -0.2) is 9.55 Å². The molecule has 2 aromatic rings. The number of alkyl halides is 1. The maximum Gasteiger partial charge on any atom is 0.125 e. The minimum atomic E-state index is -0.253. The highest BCUT2D eigenvalue weighted by Crippen LogP contribution is 2.19. The predicted octanol–water partition coefficient (Wildman–Crippen LogP) is 4.10. The highest BCUT2D eigenvalue weighted by atomic mass is 35.5. The second kappa shape index (κ2) is 5.50. The Bertz CT molecular complexity index is 507. The molecular weight excluding hydrogens is 239 g/mol. The van der Waals surface area contributed by atoms with Crippen LogP contribution in [0.5, 0.6) is 0 Å². The van der Waals surface area contributed by atoms with Crippen LogP contribution in [0, 0.1) is 5.82 Å². The molecule has 1 heterocycles. The zero-order chi connectivity index (χ0) is 12.3. The molecule has 0 atom stereocenters. The van der Waals surface area contributed by atoms with Crippen LogP contribution in [0.4, 0.5) is 4.39 Å². The van der Waals surface area contributed by atoms with E-state index in [1.807, 2.05) is 0 Å². The second-order valence-corrected chi connectivity index (χ2v) is 4.42. The summed E-state index contributed by atoms with van der Waals surface area (Å²) in [7, 11) is 0. The molecule has 0 N–H and O–H groups in total. The predicted molar refractivity (Wildman–Crippen MR) is 68.8 cm³/mol. The lowest BCUT2D eigenvalue weighted by atomic mass is 10.2. The first-order valence-electron chi connectivity index (χ1n) is 5.97. The number of unbranched alkanes of at least 4 members (excludes halogenated alkanes) is 2. The maximum atomic E-state index is 13.1. The quantitative estimate of drug-likeness (QED) is 0.580. The number of nitrogens with zero attached hydrogens (tertiary/aromatic N) is 2. The molecule has 92 valence electrons. The number of aromatic nitrogens is 2.